The number of anilines is 1. The van der Waals surface area contributed by atoms with Crippen molar-refractivity contribution in [3.63, 3.8) is 0 Å². The summed E-state index contributed by atoms with van der Waals surface area (Å²) < 4.78 is 11.0. The van der Waals surface area contributed by atoms with Crippen LogP contribution in [-0.2, 0) is 9.59 Å². The summed E-state index contributed by atoms with van der Waals surface area (Å²) in [6.45, 7) is 6.53. The Bertz CT molecular complexity index is 1360. The largest absolute Gasteiger partial charge is 0.507 e. The van der Waals surface area contributed by atoms with Crippen molar-refractivity contribution in [2.45, 2.75) is 32.7 Å². The van der Waals surface area contributed by atoms with Gasteiger partial charge < -0.3 is 14.6 Å². The molecule has 0 aromatic heterocycles. The van der Waals surface area contributed by atoms with Crippen LogP contribution in [0.15, 0.2) is 66.2 Å². The van der Waals surface area contributed by atoms with E-state index in [1.54, 1.807) is 36.4 Å². The summed E-state index contributed by atoms with van der Waals surface area (Å²) in [7, 11) is 1.39. The zero-order valence-electron chi connectivity index (χ0n) is 20.9. The third-order valence-corrected chi connectivity index (χ3v) is 6.76. The van der Waals surface area contributed by atoms with Crippen LogP contribution in [0, 0.1) is 0 Å². The Balaban J connectivity index is 1.95. The molecular weight excluding hydrogens is 513 g/mol. The van der Waals surface area contributed by atoms with E-state index in [9.17, 15) is 14.7 Å². The highest BCUT2D eigenvalue weighted by molar-refractivity contribution is 6.52. The fraction of sp³-hybridized carbons (Fsp3) is 0.241. The Morgan fingerprint density at radius 3 is 2.24 bits per heavy atom. The number of ether oxygens (including phenoxy) is 2. The first-order chi connectivity index (χ1) is 17.7. The van der Waals surface area contributed by atoms with Gasteiger partial charge >= 0.3 is 0 Å². The molecule has 0 bridgehead atoms. The lowest BCUT2D eigenvalue weighted by molar-refractivity contribution is -0.132. The number of hydrogen-bond acceptors (Lipinski definition) is 5. The van der Waals surface area contributed by atoms with E-state index in [0.717, 1.165) is 5.56 Å². The number of aliphatic hydroxyl groups excluding tert-OH is 1. The molecule has 37 heavy (non-hydrogen) atoms. The van der Waals surface area contributed by atoms with E-state index in [2.05, 4.69) is 13.8 Å². The van der Waals surface area contributed by atoms with E-state index in [4.69, 9.17) is 32.7 Å². The van der Waals surface area contributed by atoms with Crippen molar-refractivity contribution in [1.29, 1.82) is 0 Å². The lowest BCUT2D eigenvalue weighted by Crippen LogP contribution is -2.29. The summed E-state index contributed by atoms with van der Waals surface area (Å²) in [5, 5.41) is 11.9. The van der Waals surface area contributed by atoms with Crippen molar-refractivity contribution in [2.75, 3.05) is 18.6 Å². The third-order valence-electron chi connectivity index (χ3n) is 6.26. The maximum atomic E-state index is 13.5. The SMILES string of the molecule is CCOc1ccc(C2/C(=C(\O)c3cc(Cl)cc(Cl)c3OC)C(=O)C(=O)N2c2ccc(C(C)C)cc2)cc1. The molecule has 1 amide bonds. The molecule has 6 nitrogen and oxygen atoms in total. The summed E-state index contributed by atoms with van der Waals surface area (Å²) >= 11 is 12.5. The second kappa shape index (κ2) is 10.9. The van der Waals surface area contributed by atoms with Gasteiger partial charge in [-0.15, -0.1) is 0 Å². The summed E-state index contributed by atoms with van der Waals surface area (Å²) in [6, 6.07) is 16.5. The predicted molar refractivity (Wildman–Crippen MR) is 146 cm³/mol. The van der Waals surface area contributed by atoms with Crippen molar-refractivity contribution < 1.29 is 24.2 Å². The van der Waals surface area contributed by atoms with Crippen LogP contribution in [0.5, 0.6) is 11.5 Å². The smallest absolute Gasteiger partial charge is 0.300 e. The van der Waals surface area contributed by atoms with Crippen LogP contribution < -0.4 is 14.4 Å². The summed E-state index contributed by atoms with van der Waals surface area (Å²) in [4.78, 5) is 28.3. The summed E-state index contributed by atoms with van der Waals surface area (Å²) in [5.41, 5.74) is 2.25. The molecule has 3 aromatic carbocycles. The Labute approximate surface area is 226 Å². The number of rotatable bonds is 7. The number of carbonyl (C=O) groups is 2. The van der Waals surface area contributed by atoms with Crippen LogP contribution in [0.2, 0.25) is 10.0 Å². The molecule has 0 aliphatic carbocycles. The molecule has 8 heteroatoms. The highest BCUT2D eigenvalue weighted by Gasteiger charge is 2.47. The fourth-order valence-electron chi connectivity index (χ4n) is 4.44. The van der Waals surface area contributed by atoms with Crippen LogP contribution in [-0.4, -0.2) is 30.5 Å². The van der Waals surface area contributed by atoms with Crippen LogP contribution in [0.1, 0.15) is 49.4 Å². The van der Waals surface area contributed by atoms with Gasteiger partial charge in [0.15, 0.2) is 0 Å². The number of carbonyl (C=O) groups excluding carboxylic acids is 2. The third kappa shape index (κ3) is 5.04. The molecule has 1 aliphatic rings. The number of halogens is 2. The first-order valence-corrected chi connectivity index (χ1v) is 12.6. The van der Waals surface area contributed by atoms with Gasteiger partial charge in [0.25, 0.3) is 11.7 Å². The van der Waals surface area contributed by atoms with Crippen LogP contribution in [0.25, 0.3) is 5.76 Å². The number of ketones is 1. The number of Topliss-reactive ketones (excluding diaryl/α,β-unsaturated/α-hetero) is 1. The Hall–Kier alpha value is -3.48. The first-order valence-electron chi connectivity index (χ1n) is 11.8. The van der Waals surface area contributed by atoms with E-state index < -0.39 is 23.5 Å². The number of methoxy groups -OCH3 is 1. The first kappa shape index (κ1) is 26.6. The minimum Gasteiger partial charge on any atom is -0.507 e. The Morgan fingerprint density at radius 2 is 1.68 bits per heavy atom. The zero-order chi connectivity index (χ0) is 26.9. The maximum Gasteiger partial charge on any atom is 0.300 e. The van der Waals surface area contributed by atoms with Crippen molar-refractivity contribution in [2.24, 2.45) is 0 Å². The minimum absolute atomic E-state index is 0.0984. The molecule has 4 rings (SSSR count). The minimum atomic E-state index is -0.914. The van der Waals surface area contributed by atoms with E-state index in [1.165, 1.54) is 24.1 Å². The Morgan fingerprint density at radius 1 is 1.03 bits per heavy atom. The topological polar surface area (TPSA) is 76.1 Å². The predicted octanol–water partition coefficient (Wildman–Crippen LogP) is 7.15. The maximum absolute atomic E-state index is 13.5. The second-order valence-electron chi connectivity index (χ2n) is 8.89. The van der Waals surface area contributed by atoms with Gasteiger partial charge in [-0.25, -0.2) is 0 Å². The Kier molecular flexibility index (Phi) is 7.81. The molecule has 1 aliphatic heterocycles. The summed E-state index contributed by atoms with van der Waals surface area (Å²) in [6.07, 6.45) is 0. The van der Waals surface area contributed by atoms with Gasteiger partial charge in [0.2, 0.25) is 0 Å². The van der Waals surface area contributed by atoms with Crippen LogP contribution >= 0.6 is 23.2 Å². The number of nitrogens with zero attached hydrogens (tertiary/aromatic N) is 1. The lowest BCUT2D eigenvalue weighted by Gasteiger charge is -2.26. The zero-order valence-corrected chi connectivity index (χ0v) is 22.4. The average Bonchev–Trinajstić information content (AvgIpc) is 3.14. The van der Waals surface area contributed by atoms with Crippen molar-refractivity contribution >= 4 is 46.3 Å². The normalized spacial score (nSPS) is 16.9. The molecule has 0 spiro atoms. The standard InChI is InChI=1S/C29H27Cl2NO5/c1-5-37-21-12-8-18(9-13-21)25-24(26(33)22-14-19(30)15-23(31)28(22)36-4)27(34)29(35)32(25)20-10-6-17(7-11-20)16(2)3/h6-16,25,33H,5H2,1-4H3/b26-24+. The van der Waals surface area contributed by atoms with Crippen molar-refractivity contribution in [3.8, 4) is 11.5 Å². The van der Waals surface area contributed by atoms with Crippen molar-refractivity contribution in [3.05, 3.63) is 93.0 Å². The number of aliphatic hydroxyl groups is 1. The van der Waals surface area contributed by atoms with Crippen molar-refractivity contribution in [1.82, 2.24) is 0 Å². The van der Waals surface area contributed by atoms with Gasteiger partial charge in [0, 0.05) is 10.7 Å². The molecule has 1 N–H and O–H groups in total. The monoisotopic (exact) mass is 539 g/mol. The van der Waals surface area contributed by atoms with E-state index >= 15 is 0 Å². The highest BCUT2D eigenvalue weighted by Crippen LogP contribution is 2.45. The molecule has 1 unspecified atom stereocenters. The molecular formula is C29H27Cl2NO5. The van der Waals surface area contributed by atoms with Gasteiger partial charge in [-0.05, 0) is 60.4 Å². The number of hydrogen-bond donors (Lipinski definition) is 1. The van der Waals surface area contributed by atoms with E-state index in [1.807, 2.05) is 19.1 Å². The van der Waals surface area contributed by atoms with Crippen LogP contribution in [0.4, 0.5) is 5.69 Å². The average molecular weight is 540 g/mol. The van der Waals surface area contributed by atoms with Gasteiger partial charge in [-0.2, -0.15) is 0 Å². The second-order valence-corrected chi connectivity index (χ2v) is 9.73. The summed E-state index contributed by atoms with van der Waals surface area (Å²) in [5.74, 6) is -0.937. The molecule has 0 saturated carbocycles. The molecule has 1 fully saturated rings. The fourth-order valence-corrected chi connectivity index (χ4v) is 5.01. The number of benzene rings is 3. The molecule has 0 radical (unpaired) electrons. The van der Waals surface area contributed by atoms with E-state index in [0.29, 0.717) is 29.5 Å². The molecule has 3 aromatic rings. The van der Waals surface area contributed by atoms with Gasteiger partial charge in [0.05, 0.1) is 35.9 Å². The molecule has 1 saturated heterocycles. The van der Waals surface area contributed by atoms with Gasteiger partial charge in [-0.1, -0.05) is 61.3 Å². The molecule has 1 heterocycles. The lowest BCUT2D eigenvalue weighted by atomic mass is 9.94. The molecule has 192 valence electrons. The molecule has 1 atom stereocenters. The van der Waals surface area contributed by atoms with Gasteiger partial charge in [0.1, 0.15) is 17.3 Å². The van der Waals surface area contributed by atoms with E-state index in [-0.39, 0.29) is 26.9 Å². The van der Waals surface area contributed by atoms with Gasteiger partial charge in [-0.3, -0.25) is 14.5 Å². The highest BCUT2D eigenvalue weighted by atomic mass is 35.5. The van der Waals surface area contributed by atoms with Crippen LogP contribution in [0.3, 0.4) is 0 Å². The quantitative estimate of drug-likeness (QED) is 0.196. The number of amides is 1.